The van der Waals surface area contributed by atoms with Gasteiger partial charge in [0.2, 0.25) is 5.91 Å². The number of rotatable bonds is 7. The quantitative estimate of drug-likeness (QED) is 0.502. The van der Waals surface area contributed by atoms with Crippen molar-refractivity contribution in [3.63, 3.8) is 0 Å². The first-order chi connectivity index (χ1) is 14.0. The number of hydrogen-bond acceptors (Lipinski definition) is 5. The number of thiophene rings is 1. The van der Waals surface area contributed by atoms with Crippen LogP contribution >= 0.6 is 11.3 Å². The molecule has 3 rings (SSSR count). The number of hydrazine groups is 1. The molecule has 2 amide bonds. The average Bonchev–Trinajstić information content (AvgIpc) is 3.27. The molecule has 3 aromatic rings. The highest BCUT2D eigenvalue weighted by Crippen LogP contribution is 2.22. The summed E-state index contributed by atoms with van der Waals surface area (Å²) in [6, 6.07) is 18.8. The number of hydrogen-bond donors (Lipinski definition) is 3. The molecule has 0 bridgehead atoms. The average molecular weight is 430 g/mol. The van der Waals surface area contributed by atoms with Crippen molar-refractivity contribution < 1.29 is 18.0 Å². The molecule has 1 heterocycles. The Labute approximate surface area is 172 Å². The second-order valence-electron chi connectivity index (χ2n) is 6.07. The van der Waals surface area contributed by atoms with Crippen LogP contribution in [0.4, 0.5) is 5.69 Å². The van der Waals surface area contributed by atoms with Gasteiger partial charge in [-0.15, -0.1) is 11.3 Å². The fourth-order valence-corrected chi connectivity index (χ4v) is 4.61. The van der Waals surface area contributed by atoms with Gasteiger partial charge in [0.25, 0.3) is 15.9 Å². The Hall–Kier alpha value is -3.17. The fourth-order valence-electron chi connectivity index (χ4n) is 2.54. The highest BCUT2D eigenvalue weighted by molar-refractivity contribution is 7.94. The zero-order valence-corrected chi connectivity index (χ0v) is 16.9. The standard InChI is InChI=1S/C20H19N3O4S2/c24-18(13-12-15-7-2-1-3-8-15)21-22-20(25)16-9-4-5-10-17(16)23-29(26,27)19-11-6-14-28-19/h1-11,14,23H,12-13H2,(H,21,24)(H,22,25). The van der Waals surface area contributed by atoms with Crippen molar-refractivity contribution in [2.45, 2.75) is 17.1 Å². The van der Waals surface area contributed by atoms with Crippen molar-refractivity contribution in [2.24, 2.45) is 0 Å². The normalized spacial score (nSPS) is 10.9. The first kappa shape index (κ1) is 20.6. The maximum atomic E-state index is 12.5. The van der Waals surface area contributed by atoms with Gasteiger partial charge in [-0.05, 0) is 35.6 Å². The lowest BCUT2D eigenvalue weighted by Gasteiger charge is -2.12. The molecule has 0 saturated heterocycles. The summed E-state index contributed by atoms with van der Waals surface area (Å²) >= 11 is 1.07. The lowest BCUT2D eigenvalue weighted by atomic mass is 10.1. The number of benzene rings is 2. The van der Waals surface area contributed by atoms with Crippen molar-refractivity contribution in [2.75, 3.05) is 4.72 Å². The van der Waals surface area contributed by atoms with E-state index in [1.54, 1.807) is 23.6 Å². The van der Waals surface area contributed by atoms with Crippen molar-refractivity contribution in [3.05, 3.63) is 83.2 Å². The van der Waals surface area contributed by atoms with E-state index >= 15 is 0 Å². The second-order valence-corrected chi connectivity index (χ2v) is 8.93. The van der Waals surface area contributed by atoms with Gasteiger partial charge in [0.1, 0.15) is 4.21 Å². The molecule has 0 spiro atoms. The predicted octanol–water partition coefficient (Wildman–Crippen LogP) is 2.94. The SMILES string of the molecule is O=C(CCc1ccccc1)NNC(=O)c1ccccc1NS(=O)(=O)c1cccs1. The summed E-state index contributed by atoms with van der Waals surface area (Å²) in [6.07, 6.45) is 0.747. The van der Waals surface area contributed by atoms with Gasteiger partial charge >= 0.3 is 0 Å². The molecule has 0 aliphatic carbocycles. The van der Waals surface area contributed by atoms with Crippen molar-refractivity contribution in [3.8, 4) is 0 Å². The van der Waals surface area contributed by atoms with Crippen LogP contribution in [-0.2, 0) is 21.2 Å². The van der Waals surface area contributed by atoms with Crippen LogP contribution in [0.5, 0.6) is 0 Å². The van der Waals surface area contributed by atoms with E-state index in [1.165, 1.54) is 18.2 Å². The van der Waals surface area contributed by atoms with Gasteiger partial charge in [0.15, 0.2) is 0 Å². The number of para-hydroxylation sites is 1. The number of carbonyl (C=O) groups is 2. The maximum absolute atomic E-state index is 12.5. The van der Waals surface area contributed by atoms with Gasteiger partial charge in [-0.25, -0.2) is 8.42 Å². The zero-order chi connectivity index (χ0) is 20.7. The van der Waals surface area contributed by atoms with E-state index in [-0.39, 0.29) is 27.8 Å². The summed E-state index contributed by atoms with van der Waals surface area (Å²) in [5, 5.41) is 1.65. The molecular weight excluding hydrogens is 410 g/mol. The van der Waals surface area contributed by atoms with E-state index in [9.17, 15) is 18.0 Å². The van der Waals surface area contributed by atoms with E-state index < -0.39 is 15.9 Å². The second kappa shape index (κ2) is 9.35. The third kappa shape index (κ3) is 5.66. The summed E-state index contributed by atoms with van der Waals surface area (Å²) < 4.78 is 27.4. The van der Waals surface area contributed by atoms with Crippen molar-refractivity contribution in [1.82, 2.24) is 10.9 Å². The van der Waals surface area contributed by atoms with Crippen LogP contribution in [-0.4, -0.2) is 20.2 Å². The molecule has 150 valence electrons. The summed E-state index contributed by atoms with van der Waals surface area (Å²) in [4.78, 5) is 24.4. The Kier molecular flexibility index (Phi) is 6.63. The van der Waals surface area contributed by atoms with E-state index in [0.29, 0.717) is 6.42 Å². The van der Waals surface area contributed by atoms with Crippen LogP contribution in [0.1, 0.15) is 22.3 Å². The number of aryl methyl sites for hydroxylation is 1. The minimum Gasteiger partial charge on any atom is -0.278 e. The molecular formula is C20H19N3O4S2. The van der Waals surface area contributed by atoms with E-state index in [1.807, 2.05) is 30.3 Å². The molecule has 7 nitrogen and oxygen atoms in total. The lowest BCUT2D eigenvalue weighted by molar-refractivity contribution is -0.121. The van der Waals surface area contributed by atoms with Crippen molar-refractivity contribution >= 4 is 38.9 Å². The summed E-state index contributed by atoms with van der Waals surface area (Å²) in [6.45, 7) is 0. The monoisotopic (exact) mass is 429 g/mol. The fraction of sp³-hybridized carbons (Fsp3) is 0.100. The predicted molar refractivity (Wildman–Crippen MR) is 112 cm³/mol. The molecule has 1 aromatic heterocycles. The summed E-state index contributed by atoms with van der Waals surface area (Å²) in [7, 11) is -3.80. The highest BCUT2D eigenvalue weighted by atomic mass is 32.2. The zero-order valence-electron chi connectivity index (χ0n) is 15.3. The number of nitrogens with one attached hydrogen (secondary N) is 3. The van der Waals surface area contributed by atoms with E-state index in [2.05, 4.69) is 15.6 Å². The molecule has 0 radical (unpaired) electrons. The molecule has 0 fully saturated rings. The topological polar surface area (TPSA) is 104 Å². The number of amides is 2. The van der Waals surface area contributed by atoms with Gasteiger partial charge in [0, 0.05) is 6.42 Å². The van der Waals surface area contributed by atoms with E-state index in [4.69, 9.17) is 0 Å². The molecule has 29 heavy (non-hydrogen) atoms. The van der Waals surface area contributed by atoms with Crippen LogP contribution in [0.25, 0.3) is 0 Å². The smallest absolute Gasteiger partial charge is 0.271 e. The van der Waals surface area contributed by atoms with Crippen LogP contribution < -0.4 is 15.6 Å². The van der Waals surface area contributed by atoms with Crippen LogP contribution in [0.2, 0.25) is 0 Å². The minimum absolute atomic E-state index is 0.0935. The summed E-state index contributed by atoms with van der Waals surface area (Å²) in [5.74, 6) is -0.971. The van der Waals surface area contributed by atoms with Crippen LogP contribution in [0, 0.1) is 0 Å². The Morgan fingerprint density at radius 1 is 0.862 bits per heavy atom. The Bertz CT molecular complexity index is 1080. The van der Waals surface area contributed by atoms with Gasteiger partial charge < -0.3 is 0 Å². The molecule has 3 N–H and O–H groups in total. The number of anilines is 1. The van der Waals surface area contributed by atoms with E-state index in [0.717, 1.165) is 16.9 Å². The summed E-state index contributed by atoms with van der Waals surface area (Å²) in [5.41, 5.74) is 5.91. The third-order valence-corrected chi connectivity index (χ3v) is 6.74. The largest absolute Gasteiger partial charge is 0.278 e. The Morgan fingerprint density at radius 3 is 2.31 bits per heavy atom. The number of carbonyl (C=O) groups excluding carboxylic acids is 2. The first-order valence-electron chi connectivity index (χ1n) is 8.74. The third-order valence-electron chi connectivity index (χ3n) is 3.97. The Morgan fingerprint density at radius 2 is 1.59 bits per heavy atom. The van der Waals surface area contributed by atoms with Crippen LogP contribution in [0.15, 0.2) is 76.3 Å². The molecule has 0 aliphatic rings. The Balaban J connectivity index is 1.60. The van der Waals surface area contributed by atoms with Gasteiger partial charge in [-0.1, -0.05) is 48.5 Å². The minimum atomic E-state index is -3.80. The molecule has 0 atom stereocenters. The van der Waals surface area contributed by atoms with Crippen molar-refractivity contribution in [1.29, 1.82) is 0 Å². The molecule has 0 saturated carbocycles. The lowest BCUT2D eigenvalue weighted by Crippen LogP contribution is -2.42. The first-order valence-corrected chi connectivity index (χ1v) is 11.1. The number of sulfonamides is 1. The maximum Gasteiger partial charge on any atom is 0.271 e. The molecule has 0 unspecified atom stereocenters. The van der Waals surface area contributed by atoms with Gasteiger partial charge in [-0.2, -0.15) is 0 Å². The highest BCUT2D eigenvalue weighted by Gasteiger charge is 2.19. The molecule has 9 heteroatoms. The van der Waals surface area contributed by atoms with Gasteiger partial charge in [-0.3, -0.25) is 25.2 Å². The molecule has 0 aliphatic heterocycles. The van der Waals surface area contributed by atoms with Gasteiger partial charge in [0.05, 0.1) is 11.3 Å². The van der Waals surface area contributed by atoms with Crippen LogP contribution in [0.3, 0.4) is 0 Å². The molecule has 2 aromatic carbocycles.